The average Bonchev–Trinajstić information content (AvgIpc) is 2.65. The predicted molar refractivity (Wildman–Crippen MR) is 86.4 cm³/mol. The van der Waals surface area contributed by atoms with E-state index in [1.165, 1.54) is 0 Å². The third kappa shape index (κ3) is 5.18. The molecule has 1 aliphatic rings. The molecule has 0 aliphatic carbocycles. The number of carbonyl (C=O) groups excluding carboxylic acids is 1. The van der Waals surface area contributed by atoms with Gasteiger partial charge in [-0.3, -0.25) is 4.90 Å². The molecule has 0 saturated carbocycles. The molecular formula is C16H26N4O2. The van der Waals surface area contributed by atoms with Crippen molar-refractivity contribution in [3.8, 4) is 0 Å². The van der Waals surface area contributed by atoms with Crippen LogP contribution in [0.25, 0.3) is 0 Å². The maximum atomic E-state index is 12.1. The van der Waals surface area contributed by atoms with Gasteiger partial charge in [-0.25, -0.2) is 9.78 Å². The molecule has 0 unspecified atom stereocenters. The fourth-order valence-corrected chi connectivity index (χ4v) is 2.43. The molecule has 122 valence electrons. The molecule has 6 nitrogen and oxygen atoms in total. The van der Waals surface area contributed by atoms with Gasteiger partial charge in [0.2, 0.25) is 0 Å². The summed E-state index contributed by atoms with van der Waals surface area (Å²) < 4.78 is 5.44. The molecule has 0 spiro atoms. The van der Waals surface area contributed by atoms with Gasteiger partial charge >= 0.3 is 6.09 Å². The van der Waals surface area contributed by atoms with Crippen LogP contribution in [0.3, 0.4) is 0 Å². The van der Waals surface area contributed by atoms with E-state index >= 15 is 0 Å². The monoisotopic (exact) mass is 306 g/mol. The van der Waals surface area contributed by atoms with Crippen molar-refractivity contribution in [2.24, 2.45) is 0 Å². The molecule has 0 bridgehead atoms. The summed E-state index contributed by atoms with van der Waals surface area (Å²) in [7, 11) is 0. The Balaban J connectivity index is 1.87. The molecule has 0 aromatic carbocycles. The van der Waals surface area contributed by atoms with Gasteiger partial charge < -0.3 is 15.4 Å². The second-order valence-corrected chi connectivity index (χ2v) is 6.69. The average molecular weight is 306 g/mol. The fraction of sp³-hybridized carbons (Fsp3) is 0.625. The standard InChI is InChI=1S/C16H26N4O2/c1-16(2,3)22-15(21)20-8-4-7-19(9-10-20)12-13-5-6-14(17)18-11-13/h5-6,11H,4,7-10,12H2,1-3H3,(H2,17,18). The largest absolute Gasteiger partial charge is 0.444 e. The number of hydrogen-bond acceptors (Lipinski definition) is 5. The van der Waals surface area contributed by atoms with Gasteiger partial charge in [0.1, 0.15) is 11.4 Å². The van der Waals surface area contributed by atoms with Crippen molar-refractivity contribution in [1.82, 2.24) is 14.8 Å². The Labute approximate surface area is 132 Å². The third-order valence-corrected chi connectivity index (χ3v) is 3.49. The molecule has 2 heterocycles. The van der Waals surface area contributed by atoms with Gasteiger partial charge in [-0.2, -0.15) is 0 Å². The highest BCUT2D eigenvalue weighted by Gasteiger charge is 2.24. The van der Waals surface area contributed by atoms with Gasteiger partial charge in [0.05, 0.1) is 0 Å². The first-order chi connectivity index (χ1) is 10.3. The van der Waals surface area contributed by atoms with Crippen molar-refractivity contribution in [2.45, 2.75) is 39.3 Å². The number of rotatable bonds is 2. The van der Waals surface area contributed by atoms with Crippen LogP contribution in [-0.4, -0.2) is 52.7 Å². The van der Waals surface area contributed by atoms with Crippen molar-refractivity contribution >= 4 is 11.9 Å². The molecule has 6 heteroatoms. The van der Waals surface area contributed by atoms with Gasteiger partial charge in [-0.05, 0) is 38.8 Å². The number of hydrogen-bond donors (Lipinski definition) is 1. The minimum absolute atomic E-state index is 0.219. The van der Waals surface area contributed by atoms with Crippen molar-refractivity contribution in [3.05, 3.63) is 23.9 Å². The van der Waals surface area contributed by atoms with Crippen LogP contribution in [0.1, 0.15) is 32.8 Å². The van der Waals surface area contributed by atoms with E-state index in [2.05, 4.69) is 9.88 Å². The first-order valence-corrected chi connectivity index (χ1v) is 7.74. The molecule has 2 N–H and O–H groups in total. The van der Waals surface area contributed by atoms with Crippen molar-refractivity contribution < 1.29 is 9.53 Å². The van der Waals surface area contributed by atoms with Crippen LogP contribution in [0.15, 0.2) is 18.3 Å². The van der Waals surface area contributed by atoms with E-state index < -0.39 is 5.60 Å². The van der Waals surface area contributed by atoms with E-state index in [-0.39, 0.29) is 6.09 Å². The zero-order valence-electron chi connectivity index (χ0n) is 13.7. The summed E-state index contributed by atoms with van der Waals surface area (Å²) in [5, 5.41) is 0. The Morgan fingerprint density at radius 3 is 2.68 bits per heavy atom. The van der Waals surface area contributed by atoms with Gasteiger partial charge in [0.15, 0.2) is 0 Å². The van der Waals surface area contributed by atoms with Crippen LogP contribution < -0.4 is 5.73 Å². The Kier molecular flexibility index (Phi) is 5.24. The summed E-state index contributed by atoms with van der Waals surface area (Å²) in [6.45, 7) is 9.74. The van der Waals surface area contributed by atoms with Crippen LogP contribution in [0.5, 0.6) is 0 Å². The van der Waals surface area contributed by atoms with Crippen LogP contribution in [0.4, 0.5) is 10.6 Å². The summed E-state index contributed by atoms with van der Waals surface area (Å²) >= 11 is 0. The number of nitrogens with zero attached hydrogens (tertiary/aromatic N) is 3. The maximum absolute atomic E-state index is 12.1. The number of nitrogens with two attached hydrogens (primary N) is 1. The lowest BCUT2D eigenvalue weighted by atomic mass is 10.2. The lowest BCUT2D eigenvalue weighted by Gasteiger charge is -2.26. The topological polar surface area (TPSA) is 71.7 Å². The maximum Gasteiger partial charge on any atom is 0.410 e. The van der Waals surface area contributed by atoms with E-state index in [0.29, 0.717) is 12.4 Å². The lowest BCUT2D eigenvalue weighted by molar-refractivity contribution is 0.0257. The van der Waals surface area contributed by atoms with Gasteiger partial charge in [0, 0.05) is 38.9 Å². The second-order valence-electron chi connectivity index (χ2n) is 6.69. The molecule has 0 atom stereocenters. The summed E-state index contributed by atoms with van der Waals surface area (Å²) in [4.78, 5) is 20.4. The van der Waals surface area contributed by atoms with Crippen molar-refractivity contribution in [3.63, 3.8) is 0 Å². The Morgan fingerprint density at radius 2 is 2.05 bits per heavy atom. The van der Waals surface area contributed by atoms with Crippen molar-refractivity contribution in [2.75, 3.05) is 31.9 Å². The second kappa shape index (κ2) is 6.96. The number of nitrogen functional groups attached to an aromatic ring is 1. The molecule has 1 aliphatic heterocycles. The molecule has 1 aromatic rings. The summed E-state index contributed by atoms with van der Waals surface area (Å²) in [6, 6.07) is 3.82. The minimum Gasteiger partial charge on any atom is -0.444 e. The Hall–Kier alpha value is -1.82. The molecule has 1 amide bonds. The number of pyridine rings is 1. The molecule has 1 fully saturated rings. The molecule has 22 heavy (non-hydrogen) atoms. The first-order valence-electron chi connectivity index (χ1n) is 7.74. The highest BCUT2D eigenvalue weighted by molar-refractivity contribution is 5.68. The summed E-state index contributed by atoms with van der Waals surface area (Å²) in [6.07, 6.45) is 2.54. The van der Waals surface area contributed by atoms with Crippen LogP contribution in [0.2, 0.25) is 0 Å². The zero-order chi connectivity index (χ0) is 16.2. The van der Waals surface area contributed by atoms with Crippen LogP contribution in [-0.2, 0) is 11.3 Å². The van der Waals surface area contributed by atoms with E-state index in [4.69, 9.17) is 10.5 Å². The predicted octanol–water partition coefficient (Wildman–Crippen LogP) is 2.11. The summed E-state index contributed by atoms with van der Waals surface area (Å²) in [5.74, 6) is 0.538. The third-order valence-electron chi connectivity index (χ3n) is 3.49. The van der Waals surface area contributed by atoms with Crippen LogP contribution in [0, 0.1) is 0 Å². The Morgan fingerprint density at radius 1 is 1.27 bits per heavy atom. The molecular weight excluding hydrogens is 280 g/mol. The number of ether oxygens (including phenoxy) is 1. The molecule has 2 rings (SSSR count). The zero-order valence-corrected chi connectivity index (χ0v) is 13.7. The van der Waals surface area contributed by atoms with Crippen LogP contribution >= 0.6 is 0 Å². The highest BCUT2D eigenvalue weighted by Crippen LogP contribution is 2.13. The fourth-order valence-electron chi connectivity index (χ4n) is 2.43. The number of amides is 1. The minimum atomic E-state index is -0.446. The smallest absolute Gasteiger partial charge is 0.410 e. The van der Waals surface area contributed by atoms with Gasteiger partial charge in [0.25, 0.3) is 0 Å². The highest BCUT2D eigenvalue weighted by atomic mass is 16.6. The Bertz CT molecular complexity index is 496. The normalized spacial score (nSPS) is 17.1. The van der Waals surface area contributed by atoms with E-state index in [0.717, 1.165) is 38.2 Å². The molecule has 1 aromatic heterocycles. The van der Waals surface area contributed by atoms with E-state index in [1.807, 2.05) is 39.1 Å². The lowest BCUT2D eigenvalue weighted by Crippen LogP contribution is -2.39. The van der Waals surface area contributed by atoms with Gasteiger partial charge in [-0.15, -0.1) is 0 Å². The van der Waals surface area contributed by atoms with E-state index in [9.17, 15) is 4.79 Å². The quantitative estimate of drug-likeness (QED) is 0.906. The summed E-state index contributed by atoms with van der Waals surface area (Å²) in [5.41, 5.74) is 6.30. The number of anilines is 1. The molecule has 0 radical (unpaired) electrons. The SMILES string of the molecule is CC(C)(C)OC(=O)N1CCCN(Cc2ccc(N)nc2)CC1. The van der Waals surface area contributed by atoms with Gasteiger partial charge in [-0.1, -0.05) is 6.07 Å². The van der Waals surface area contributed by atoms with E-state index in [1.54, 1.807) is 4.90 Å². The number of carbonyl (C=O) groups is 1. The van der Waals surface area contributed by atoms with Crippen molar-refractivity contribution in [1.29, 1.82) is 0 Å². The number of aromatic nitrogens is 1. The molecule has 1 saturated heterocycles. The first kappa shape index (κ1) is 16.5.